The lowest BCUT2D eigenvalue weighted by Gasteiger charge is -2.27. The molecule has 2 heterocycles. The molecule has 20 heavy (non-hydrogen) atoms. The van der Waals surface area contributed by atoms with Crippen LogP contribution in [0.1, 0.15) is 43.6 Å². The van der Waals surface area contributed by atoms with Crippen molar-refractivity contribution in [2.45, 2.75) is 45.2 Å². The number of hydrogen-bond acceptors (Lipinski definition) is 2. The summed E-state index contributed by atoms with van der Waals surface area (Å²) in [6.45, 7) is 3.99. The smallest absolute Gasteiger partial charge is 0.126 e. The maximum atomic E-state index is 13.3. The van der Waals surface area contributed by atoms with Crippen LogP contribution in [0, 0.1) is 12.7 Å². The number of halogens is 1. The second-order valence-corrected chi connectivity index (χ2v) is 5.70. The summed E-state index contributed by atoms with van der Waals surface area (Å²) >= 11 is 0. The van der Waals surface area contributed by atoms with Gasteiger partial charge in [0.1, 0.15) is 11.6 Å². The van der Waals surface area contributed by atoms with Gasteiger partial charge in [0.15, 0.2) is 0 Å². The molecule has 2 N–H and O–H groups in total. The Morgan fingerprint density at radius 3 is 2.90 bits per heavy atom. The Balaban J connectivity index is 1.84. The first-order valence-corrected chi connectivity index (χ1v) is 7.21. The van der Waals surface area contributed by atoms with Crippen LogP contribution in [0.2, 0.25) is 0 Å². The van der Waals surface area contributed by atoms with Crippen LogP contribution in [0.15, 0.2) is 24.4 Å². The molecule has 0 spiro atoms. The SMILES string of the molecule is Cc1cc(-c2cnc(C3CCCC(C)N3)[nH]2)ccc1F. The summed E-state index contributed by atoms with van der Waals surface area (Å²) < 4.78 is 13.3. The Morgan fingerprint density at radius 2 is 2.15 bits per heavy atom. The van der Waals surface area contributed by atoms with Gasteiger partial charge in [-0.3, -0.25) is 0 Å². The van der Waals surface area contributed by atoms with E-state index in [1.54, 1.807) is 13.0 Å². The molecule has 106 valence electrons. The summed E-state index contributed by atoms with van der Waals surface area (Å²) in [6.07, 6.45) is 5.40. The van der Waals surface area contributed by atoms with Crippen molar-refractivity contribution < 1.29 is 4.39 Å². The predicted octanol–water partition coefficient (Wildman–Crippen LogP) is 3.73. The third kappa shape index (κ3) is 2.61. The highest BCUT2D eigenvalue weighted by atomic mass is 19.1. The molecular formula is C16H20FN3. The maximum Gasteiger partial charge on any atom is 0.126 e. The molecule has 2 atom stereocenters. The summed E-state index contributed by atoms with van der Waals surface area (Å²) in [6, 6.07) is 5.98. The van der Waals surface area contributed by atoms with Gasteiger partial charge >= 0.3 is 0 Å². The Morgan fingerprint density at radius 1 is 1.30 bits per heavy atom. The number of imidazole rings is 1. The van der Waals surface area contributed by atoms with Crippen molar-refractivity contribution in [3.8, 4) is 11.3 Å². The molecular weight excluding hydrogens is 253 g/mol. The molecule has 1 fully saturated rings. The maximum absolute atomic E-state index is 13.3. The van der Waals surface area contributed by atoms with E-state index in [0.29, 0.717) is 17.6 Å². The van der Waals surface area contributed by atoms with Crippen LogP contribution in [0.25, 0.3) is 11.3 Å². The van der Waals surface area contributed by atoms with Crippen molar-refractivity contribution in [2.24, 2.45) is 0 Å². The van der Waals surface area contributed by atoms with Gasteiger partial charge in [0.25, 0.3) is 0 Å². The number of aryl methyl sites for hydroxylation is 1. The van der Waals surface area contributed by atoms with E-state index in [4.69, 9.17) is 0 Å². The van der Waals surface area contributed by atoms with Crippen LogP contribution in [0.3, 0.4) is 0 Å². The van der Waals surface area contributed by atoms with Crippen molar-refractivity contribution in [3.05, 3.63) is 41.6 Å². The first-order valence-electron chi connectivity index (χ1n) is 7.21. The summed E-state index contributed by atoms with van der Waals surface area (Å²) in [4.78, 5) is 7.86. The number of hydrogen-bond donors (Lipinski definition) is 2. The van der Waals surface area contributed by atoms with E-state index < -0.39 is 0 Å². The van der Waals surface area contributed by atoms with Crippen molar-refractivity contribution in [1.29, 1.82) is 0 Å². The lowest BCUT2D eigenvalue weighted by Crippen LogP contribution is -2.35. The topological polar surface area (TPSA) is 40.7 Å². The fraction of sp³-hybridized carbons (Fsp3) is 0.438. The molecule has 1 aliphatic heterocycles. The second-order valence-electron chi connectivity index (χ2n) is 5.70. The van der Waals surface area contributed by atoms with Crippen LogP contribution in [-0.4, -0.2) is 16.0 Å². The standard InChI is InChI=1S/C16H20FN3/c1-10-8-12(6-7-13(10)17)15-9-18-16(20-15)14-5-3-4-11(2)19-14/h6-9,11,14,19H,3-5H2,1-2H3,(H,18,20). The van der Waals surface area contributed by atoms with Gasteiger partial charge < -0.3 is 10.3 Å². The zero-order chi connectivity index (χ0) is 14.1. The molecule has 0 bridgehead atoms. The highest BCUT2D eigenvalue weighted by Gasteiger charge is 2.21. The average molecular weight is 273 g/mol. The summed E-state index contributed by atoms with van der Waals surface area (Å²) in [5, 5.41) is 3.56. The first kappa shape index (κ1) is 13.3. The van der Waals surface area contributed by atoms with Gasteiger partial charge in [-0.1, -0.05) is 0 Å². The second kappa shape index (κ2) is 5.37. The van der Waals surface area contributed by atoms with E-state index in [0.717, 1.165) is 23.5 Å². The number of rotatable bonds is 2. The van der Waals surface area contributed by atoms with Crippen molar-refractivity contribution in [3.63, 3.8) is 0 Å². The molecule has 1 aromatic carbocycles. The Labute approximate surface area is 118 Å². The average Bonchev–Trinajstić information content (AvgIpc) is 2.92. The van der Waals surface area contributed by atoms with Crippen LogP contribution < -0.4 is 5.32 Å². The number of H-pyrrole nitrogens is 1. The molecule has 3 nitrogen and oxygen atoms in total. The Hall–Kier alpha value is -1.68. The summed E-state index contributed by atoms with van der Waals surface area (Å²) in [5.74, 6) is 0.810. The molecule has 3 rings (SSSR count). The van der Waals surface area contributed by atoms with Crippen molar-refractivity contribution in [1.82, 2.24) is 15.3 Å². The minimum Gasteiger partial charge on any atom is -0.341 e. The molecule has 0 radical (unpaired) electrons. The van der Waals surface area contributed by atoms with Crippen LogP contribution >= 0.6 is 0 Å². The molecule has 1 saturated heterocycles. The highest BCUT2D eigenvalue weighted by Crippen LogP contribution is 2.26. The minimum atomic E-state index is -0.170. The minimum absolute atomic E-state index is 0.170. The predicted molar refractivity (Wildman–Crippen MR) is 77.9 cm³/mol. The largest absolute Gasteiger partial charge is 0.341 e. The van der Waals surface area contributed by atoms with Crippen LogP contribution in [0.5, 0.6) is 0 Å². The number of piperidine rings is 1. The van der Waals surface area contributed by atoms with Crippen LogP contribution in [-0.2, 0) is 0 Å². The summed E-state index contributed by atoms with van der Waals surface area (Å²) in [5.41, 5.74) is 2.58. The van der Waals surface area contributed by atoms with Crippen molar-refractivity contribution in [2.75, 3.05) is 0 Å². The van der Waals surface area contributed by atoms with E-state index in [1.165, 1.54) is 18.9 Å². The number of aromatic amines is 1. The van der Waals surface area contributed by atoms with Crippen molar-refractivity contribution >= 4 is 0 Å². The lowest BCUT2D eigenvalue weighted by molar-refractivity contribution is 0.332. The van der Waals surface area contributed by atoms with Gasteiger partial charge in [-0.2, -0.15) is 0 Å². The number of aromatic nitrogens is 2. The Bertz CT molecular complexity index is 606. The normalized spacial score (nSPS) is 22.9. The summed E-state index contributed by atoms with van der Waals surface area (Å²) in [7, 11) is 0. The molecule has 0 amide bonds. The molecule has 2 unspecified atom stereocenters. The number of nitrogens with one attached hydrogen (secondary N) is 2. The van der Waals surface area contributed by atoms with E-state index >= 15 is 0 Å². The molecule has 2 aromatic rings. The fourth-order valence-electron chi connectivity index (χ4n) is 2.83. The monoisotopic (exact) mass is 273 g/mol. The molecule has 4 heteroatoms. The zero-order valence-electron chi connectivity index (χ0n) is 11.9. The van der Waals surface area contributed by atoms with Gasteiger partial charge in [0.2, 0.25) is 0 Å². The molecule has 0 aliphatic carbocycles. The van der Waals surface area contributed by atoms with Crippen LogP contribution in [0.4, 0.5) is 4.39 Å². The third-order valence-corrected chi connectivity index (χ3v) is 4.01. The number of nitrogens with zero attached hydrogens (tertiary/aromatic N) is 1. The van der Waals surface area contributed by atoms with E-state index in [2.05, 4.69) is 22.2 Å². The third-order valence-electron chi connectivity index (χ3n) is 4.01. The number of benzene rings is 1. The van der Waals surface area contributed by atoms with Gasteiger partial charge in [0, 0.05) is 11.6 Å². The quantitative estimate of drug-likeness (QED) is 0.875. The van der Waals surface area contributed by atoms with Gasteiger partial charge in [-0.25, -0.2) is 9.37 Å². The van der Waals surface area contributed by atoms with E-state index in [-0.39, 0.29) is 5.82 Å². The lowest BCUT2D eigenvalue weighted by atomic mass is 9.99. The first-order chi connectivity index (χ1) is 9.63. The van der Waals surface area contributed by atoms with Gasteiger partial charge in [-0.15, -0.1) is 0 Å². The van der Waals surface area contributed by atoms with Gasteiger partial charge in [0.05, 0.1) is 17.9 Å². The molecule has 1 aromatic heterocycles. The van der Waals surface area contributed by atoms with Gasteiger partial charge in [-0.05, 0) is 56.9 Å². The van der Waals surface area contributed by atoms with E-state index in [1.807, 2.05) is 12.3 Å². The van der Waals surface area contributed by atoms with E-state index in [9.17, 15) is 4.39 Å². The Kier molecular flexibility index (Phi) is 3.57. The zero-order valence-corrected chi connectivity index (χ0v) is 11.9. The highest BCUT2D eigenvalue weighted by molar-refractivity contribution is 5.59. The molecule has 1 aliphatic rings. The fourth-order valence-corrected chi connectivity index (χ4v) is 2.83. The molecule has 0 saturated carbocycles.